The average Bonchev–Trinajstić information content (AvgIpc) is 1.62. The quantitative estimate of drug-likeness (QED) is 0.411. The van der Waals surface area contributed by atoms with E-state index in [9.17, 15) is 0 Å². The molecule has 0 nitrogen and oxygen atoms in total. The van der Waals surface area contributed by atoms with Gasteiger partial charge in [0.2, 0.25) is 0 Å². The second kappa shape index (κ2) is 12.9. The summed E-state index contributed by atoms with van der Waals surface area (Å²) in [4.78, 5) is 0. The number of hydrogen-bond acceptors (Lipinski definition) is 0. The summed E-state index contributed by atoms with van der Waals surface area (Å²) >= 11 is 0. The standard InChI is InChI=1S/C8H8.2ClH.Pt/c1-2-4-6-8-7-5-3-1;;;/h1-8H;2*1H;/q;;;+2/p-2/b2-1-,3-1?,4-2?,5-3-,6-4-,7-5?,8-6?,8-7-;;;. The Bertz CT molecular complexity index is 113. The Balaban J connectivity index is -0.000000213. The van der Waals surface area contributed by atoms with Crippen molar-refractivity contribution in [3.05, 3.63) is 48.6 Å². The Hall–Kier alpha value is 0.228. The molecular weight excluding hydrogens is 362 g/mol. The zero-order valence-electron chi connectivity index (χ0n) is 5.69. The maximum atomic E-state index is 2.00. The summed E-state index contributed by atoms with van der Waals surface area (Å²) < 4.78 is 0. The van der Waals surface area contributed by atoms with Gasteiger partial charge in [0.1, 0.15) is 0 Å². The third kappa shape index (κ3) is 10.2. The molecule has 3 heteroatoms. The van der Waals surface area contributed by atoms with E-state index >= 15 is 0 Å². The first-order chi connectivity index (χ1) is 4.00. The van der Waals surface area contributed by atoms with Crippen LogP contribution in [0.1, 0.15) is 0 Å². The topological polar surface area (TPSA) is 0 Å². The fraction of sp³-hybridized carbons (Fsp3) is 0. The molecule has 0 fully saturated rings. The van der Waals surface area contributed by atoms with Crippen molar-refractivity contribution in [2.75, 3.05) is 0 Å². The maximum absolute atomic E-state index is 2.00. The fourth-order valence-corrected chi connectivity index (χ4v) is 0.513. The summed E-state index contributed by atoms with van der Waals surface area (Å²) in [5.41, 5.74) is 0. The second-order valence-electron chi connectivity index (χ2n) is 1.54. The number of allylic oxidation sites excluding steroid dienone is 8. The largest absolute Gasteiger partial charge is 2.00 e. The van der Waals surface area contributed by atoms with E-state index in [-0.39, 0.29) is 45.9 Å². The van der Waals surface area contributed by atoms with Crippen LogP contribution in [0.4, 0.5) is 0 Å². The molecule has 0 heterocycles. The molecule has 0 aromatic heterocycles. The predicted octanol–water partition coefficient (Wildman–Crippen LogP) is -3.77. The smallest absolute Gasteiger partial charge is 1.00 e. The van der Waals surface area contributed by atoms with Crippen molar-refractivity contribution in [1.29, 1.82) is 0 Å². The van der Waals surface area contributed by atoms with Gasteiger partial charge in [0.05, 0.1) is 0 Å². The molecule has 0 saturated heterocycles. The first kappa shape index (κ1) is 17.4. The second-order valence-corrected chi connectivity index (χ2v) is 1.54. The van der Waals surface area contributed by atoms with Crippen molar-refractivity contribution in [3.63, 3.8) is 0 Å². The van der Waals surface area contributed by atoms with Crippen molar-refractivity contribution in [2.45, 2.75) is 0 Å². The van der Waals surface area contributed by atoms with E-state index in [4.69, 9.17) is 0 Å². The van der Waals surface area contributed by atoms with Gasteiger partial charge in [0.25, 0.3) is 0 Å². The predicted molar refractivity (Wildman–Crippen MR) is 36.6 cm³/mol. The fourth-order valence-electron chi connectivity index (χ4n) is 0.513. The minimum Gasteiger partial charge on any atom is -1.00 e. The van der Waals surface area contributed by atoms with Gasteiger partial charge in [-0.2, -0.15) is 0 Å². The minimum absolute atomic E-state index is 0. The first-order valence-electron chi connectivity index (χ1n) is 2.67. The van der Waals surface area contributed by atoms with Gasteiger partial charge in [-0.15, -0.1) is 0 Å². The molecule has 0 aromatic carbocycles. The van der Waals surface area contributed by atoms with Crippen LogP contribution in [-0.2, 0) is 21.1 Å². The molecule has 1 rings (SSSR count). The Kier molecular flexibility index (Phi) is 20.3. The number of halogens is 2. The summed E-state index contributed by atoms with van der Waals surface area (Å²) in [6.07, 6.45) is 16.0. The third-order valence-electron chi connectivity index (χ3n) is 0.889. The molecule has 0 saturated carbocycles. The molecule has 0 amide bonds. The Morgan fingerprint density at radius 3 is 0.545 bits per heavy atom. The molecule has 11 heavy (non-hydrogen) atoms. The zero-order chi connectivity index (χ0) is 5.66. The summed E-state index contributed by atoms with van der Waals surface area (Å²) in [7, 11) is 0. The first-order valence-corrected chi connectivity index (χ1v) is 2.67. The third-order valence-corrected chi connectivity index (χ3v) is 0.889. The van der Waals surface area contributed by atoms with Crippen LogP contribution in [0.3, 0.4) is 0 Å². The van der Waals surface area contributed by atoms with Crippen LogP contribution in [0, 0.1) is 0 Å². The van der Waals surface area contributed by atoms with Crippen LogP contribution in [-0.4, -0.2) is 0 Å². The molecule has 64 valence electrons. The molecule has 0 aliphatic heterocycles. The minimum atomic E-state index is 0. The van der Waals surface area contributed by atoms with E-state index in [0.29, 0.717) is 0 Å². The SMILES string of the molecule is C1=C\C=C/C=C\C=C/1.[Cl-].[Cl-].[Pt+2]. The van der Waals surface area contributed by atoms with E-state index in [1.807, 2.05) is 48.6 Å². The van der Waals surface area contributed by atoms with E-state index in [0.717, 1.165) is 0 Å². The molecule has 0 bridgehead atoms. The van der Waals surface area contributed by atoms with Gasteiger partial charge in [-0.1, -0.05) is 48.6 Å². The number of rotatable bonds is 0. The zero-order valence-corrected chi connectivity index (χ0v) is 9.48. The molecule has 0 atom stereocenters. The van der Waals surface area contributed by atoms with Crippen LogP contribution in [0.5, 0.6) is 0 Å². The van der Waals surface area contributed by atoms with Crippen molar-refractivity contribution in [2.24, 2.45) is 0 Å². The Morgan fingerprint density at radius 1 is 0.364 bits per heavy atom. The normalized spacial score (nSPS) is 23.3. The van der Waals surface area contributed by atoms with Gasteiger partial charge in [-0.05, 0) is 0 Å². The Morgan fingerprint density at radius 2 is 0.455 bits per heavy atom. The molecule has 1 aliphatic rings. The molecule has 0 N–H and O–H groups in total. The van der Waals surface area contributed by atoms with Crippen LogP contribution >= 0.6 is 0 Å². The van der Waals surface area contributed by atoms with Gasteiger partial charge >= 0.3 is 21.1 Å². The van der Waals surface area contributed by atoms with Gasteiger partial charge in [-0.25, -0.2) is 0 Å². The van der Waals surface area contributed by atoms with Crippen molar-refractivity contribution < 1.29 is 45.9 Å². The summed E-state index contributed by atoms with van der Waals surface area (Å²) in [5, 5.41) is 0. The molecule has 0 radical (unpaired) electrons. The van der Waals surface area contributed by atoms with Gasteiger partial charge in [0, 0.05) is 0 Å². The molecule has 0 spiro atoms. The van der Waals surface area contributed by atoms with Crippen LogP contribution in [0.25, 0.3) is 0 Å². The van der Waals surface area contributed by atoms with E-state index in [2.05, 4.69) is 0 Å². The molecule has 0 aromatic rings. The average molecular weight is 370 g/mol. The maximum Gasteiger partial charge on any atom is 2.00 e. The van der Waals surface area contributed by atoms with Crippen LogP contribution in [0.2, 0.25) is 0 Å². The van der Waals surface area contributed by atoms with Crippen molar-refractivity contribution >= 4 is 0 Å². The number of hydrogen-bond donors (Lipinski definition) is 0. The summed E-state index contributed by atoms with van der Waals surface area (Å²) in [6.45, 7) is 0. The van der Waals surface area contributed by atoms with Gasteiger partial charge in [-0.3, -0.25) is 0 Å². The molecular formula is C8H8Cl2Pt. The van der Waals surface area contributed by atoms with Crippen molar-refractivity contribution in [3.8, 4) is 0 Å². The van der Waals surface area contributed by atoms with Crippen LogP contribution in [0.15, 0.2) is 48.6 Å². The van der Waals surface area contributed by atoms with E-state index in [1.165, 1.54) is 0 Å². The van der Waals surface area contributed by atoms with Gasteiger partial charge < -0.3 is 24.8 Å². The summed E-state index contributed by atoms with van der Waals surface area (Å²) in [6, 6.07) is 0. The summed E-state index contributed by atoms with van der Waals surface area (Å²) in [5.74, 6) is 0. The van der Waals surface area contributed by atoms with E-state index in [1.54, 1.807) is 0 Å². The Labute approximate surface area is 94.2 Å². The van der Waals surface area contributed by atoms with Gasteiger partial charge in [0.15, 0.2) is 0 Å². The molecule has 0 unspecified atom stereocenters. The van der Waals surface area contributed by atoms with Crippen molar-refractivity contribution in [1.82, 2.24) is 0 Å². The monoisotopic (exact) mass is 369 g/mol. The van der Waals surface area contributed by atoms with Crippen LogP contribution < -0.4 is 24.8 Å². The van der Waals surface area contributed by atoms with E-state index < -0.39 is 0 Å². The molecule has 1 aliphatic carbocycles.